The van der Waals surface area contributed by atoms with Crippen molar-refractivity contribution < 1.29 is 13.2 Å². The van der Waals surface area contributed by atoms with Crippen LogP contribution in [-0.2, 0) is 14.8 Å². The Hall–Kier alpha value is -0.980. The number of aromatic nitrogens is 1. The minimum Gasteiger partial charge on any atom is -0.381 e. The van der Waals surface area contributed by atoms with Crippen LogP contribution in [0.15, 0.2) is 24.5 Å². The summed E-state index contributed by atoms with van der Waals surface area (Å²) in [6, 6.07) is 3.55. The van der Waals surface area contributed by atoms with Gasteiger partial charge in [-0.25, -0.2) is 13.1 Å². The van der Waals surface area contributed by atoms with E-state index in [-0.39, 0.29) is 17.7 Å². The smallest absolute Gasteiger partial charge is 0.211 e. The Morgan fingerprint density at radius 2 is 2.21 bits per heavy atom. The monoisotopic (exact) mass is 284 g/mol. The molecule has 1 aliphatic heterocycles. The molecule has 106 valence electrons. The van der Waals surface area contributed by atoms with Gasteiger partial charge in [0.1, 0.15) is 0 Å². The minimum absolute atomic E-state index is 0.0903. The summed E-state index contributed by atoms with van der Waals surface area (Å²) in [7, 11) is -3.23. The van der Waals surface area contributed by atoms with E-state index in [0.29, 0.717) is 13.2 Å². The lowest BCUT2D eigenvalue weighted by Gasteiger charge is -2.30. The van der Waals surface area contributed by atoms with Crippen LogP contribution < -0.4 is 4.72 Å². The Morgan fingerprint density at radius 3 is 2.79 bits per heavy atom. The molecular formula is C13H20N2O3S. The van der Waals surface area contributed by atoms with E-state index in [9.17, 15) is 8.42 Å². The Kier molecular flexibility index (Phi) is 4.90. The highest BCUT2D eigenvalue weighted by Gasteiger charge is 2.28. The molecule has 1 aromatic rings. The number of rotatable bonds is 5. The van der Waals surface area contributed by atoms with Crippen LogP contribution >= 0.6 is 0 Å². The molecule has 19 heavy (non-hydrogen) atoms. The highest BCUT2D eigenvalue weighted by atomic mass is 32.2. The molecule has 0 bridgehead atoms. The first-order valence-electron chi connectivity index (χ1n) is 6.60. The number of ether oxygens (including phenoxy) is 1. The van der Waals surface area contributed by atoms with E-state index in [1.54, 1.807) is 19.3 Å². The van der Waals surface area contributed by atoms with Gasteiger partial charge in [0.2, 0.25) is 10.0 Å². The van der Waals surface area contributed by atoms with Gasteiger partial charge in [-0.3, -0.25) is 4.98 Å². The van der Waals surface area contributed by atoms with Gasteiger partial charge in [0, 0.05) is 25.6 Å². The lowest BCUT2D eigenvalue weighted by Crippen LogP contribution is -2.36. The molecule has 1 fully saturated rings. The van der Waals surface area contributed by atoms with E-state index >= 15 is 0 Å². The van der Waals surface area contributed by atoms with Crippen LogP contribution in [0.1, 0.15) is 31.4 Å². The lowest BCUT2D eigenvalue weighted by atomic mass is 9.88. The van der Waals surface area contributed by atoms with Crippen molar-refractivity contribution >= 4 is 10.0 Å². The third-order valence-electron chi connectivity index (χ3n) is 3.47. The molecule has 1 aliphatic rings. The second kappa shape index (κ2) is 6.45. The molecule has 1 saturated heterocycles. The van der Waals surface area contributed by atoms with Crippen LogP contribution in [0.2, 0.25) is 0 Å². The van der Waals surface area contributed by atoms with E-state index in [1.807, 2.05) is 12.1 Å². The van der Waals surface area contributed by atoms with Crippen molar-refractivity contribution in [2.45, 2.75) is 25.8 Å². The standard InChI is InChI=1S/C13H20N2O3S/c1-2-19(16,17)15-13(11-5-8-18-9-6-11)12-4-3-7-14-10-12/h3-4,7,10-11,13,15H,2,5-6,8-9H2,1H3. The van der Waals surface area contributed by atoms with Crippen LogP contribution in [0.25, 0.3) is 0 Å². The molecule has 1 aromatic heterocycles. The predicted molar refractivity (Wildman–Crippen MR) is 73.1 cm³/mol. The van der Waals surface area contributed by atoms with Crippen molar-refractivity contribution in [1.82, 2.24) is 9.71 Å². The maximum atomic E-state index is 11.9. The predicted octanol–water partition coefficient (Wildman–Crippen LogP) is 1.49. The minimum atomic E-state index is -3.23. The largest absolute Gasteiger partial charge is 0.381 e. The molecular weight excluding hydrogens is 264 g/mol. The number of hydrogen-bond donors (Lipinski definition) is 1. The van der Waals surface area contributed by atoms with Crippen molar-refractivity contribution in [2.75, 3.05) is 19.0 Å². The first-order chi connectivity index (χ1) is 9.12. The summed E-state index contributed by atoms with van der Waals surface area (Å²) in [5.41, 5.74) is 0.923. The van der Waals surface area contributed by atoms with Crippen LogP contribution in [0.5, 0.6) is 0 Å². The van der Waals surface area contributed by atoms with Crippen molar-refractivity contribution in [3.8, 4) is 0 Å². The van der Waals surface area contributed by atoms with Crippen LogP contribution in [0.4, 0.5) is 0 Å². The van der Waals surface area contributed by atoms with E-state index in [0.717, 1.165) is 18.4 Å². The normalized spacial score (nSPS) is 19.2. The quantitative estimate of drug-likeness (QED) is 0.889. The van der Waals surface area contributed by atoms with E-state index in [4.69, 9.17) is 4.74 Å². The topological polar surface area (TPSA) is 68.3 Å². The molecule has 0 radical (unpaired) electrons. The average Bonchev–Trinajstić information content (AvgIpc) is 2.47. The highest BCUT2D eigenvalue weighted by Crippen LogP contribution is 2.30. The SMILES string of the molecule is CCS(=O)(=O)NC(c1cccnc1)C1CCOCC1. The molecule has 0 spiro atoms. The first-order valence-corrected chi connectivity index (χ1v) is 8.25. The van der Waals surface area contributed by atoms with Gasteiger partial charge in [0.25, 0.3) is 0 Å². The fourth-order valence-electron chi connectivity index (χ4n) is 2.32. The van der Waals surface area contributed by atoms with Gasteiger partial charge in [-0.1, -0.05) is 6.07 Å². The Balaban J connectivity index is 2.22. The summed E-state index contributed by atoms with van der Waals surface area (Å²) in [5.74, 6) is 0.353. The van der Waals surface area contributed by atoms with E-state index < -0.39 is 10.0 Å². The second-order valence-corrected chi connectivity index (χ2v) is 6.78. The third-order valence-corrected chi connectivity index (χ3v) is 4.84. The highest BCUT2D eigenvalue weighted by molar-refractivity contribution is 7.89. The molecule has 2 rings (SSSR count). The summed E-state index contributed by atoms with van der Waals surface area (Å²) in [6.07, 6.45) is 5.16. The van der Waals surface area contributed by atoms with Gasteiger partial charge in [-0.05, 0) is 37.3 Å². The number of nitrogens with one attached hydrogen (secondary N) is 1. The lowest BCUT2D eigenvalue weighted by molar-refractivity contribution is 0.0564. The Bertz CT molecular complexity index is 484. The summed E-state index contributed by atoms with van der Waals surface area (Å²) in [4.78, 5) is 4.09. The average molecular weight is 284 g/mol. The van der Waals surface area contributed by atoms with E-state index in [2.05, 4.69) is 9.71 Å². The zero-order chi connectivity index (χ0) is 13.7. The fourth-order valence-corrected chi connectivity index (χ4v) is 3.20. The van der Waals surface area contributed by atoms with Crippen LogP contribution in [-0.4, -0.2) is 32.4 Å². The number of hydrogen-bond acceptors (Lipinski definition) is 4. The van der Waals surface area contributed by atoms with Crippen LogP contribution in [0, 0.1) is 5.92 Å². The molecule has 0 aromatic carbocycles. The summed E-state index contributed by atoms with van der Waals surface area (Å²) in [6.45, 7) is 3.02. The maximum Gasteiger partial charge on any atom is 0.211 e. The van der Waals surface area contributed by atoms with Gasteiger partial charge in [0.15, 0.2) is 0 Å². The van der Waals surface area contributed by atoms with Crippen molar-refractivity contribution in [1.29, 1.82) is 0 Å². The second-order valence-electron chi connectivity index (χ2n) is 4.74. The maximum absolute atomic E-state index is 11.9. The molecule has 1 unspecified atom stereocenters. The van der Waals surface area contributed by atoms with E-state index in [1.165, 1.54) is 0 Å². The molecule has 0 aliphatic carbocycles. The summed E-state index contributed by atoms with van der Waals surface area (Å²) in [5, 5.41) is 0. The molecule has 1 N–H and O–H groups in total. The molecule has 5 nitrogen and oxygen atoms in total. The number of pyridine rings is 1. The van der Waals surface area contributed by atoms with Gasteiger partial charge in [-0.2, -0.15) is 0 Å². The molecule has 0 amide bonds. The summed E-state index contributed by atoms with van der Waals surface area (Å²) >= 11 is 0. The van der Waals surface area contributed by atoms with Crippen molar-refractivity contribution in [3.05, 3.63) is 30.1 Å². The Labute approximate surface area is 114 Å². The molecule has 6 heteroatoms. The summed E-state index contributed by atoms with van der Waals surface area (Å²) < 4.78 is 31.9. The van der Waals surface area contributed by atoms with Crippen LogP contribution in [0.3, 0.4) is 0 Å². The number of nitrogens with zero attached hydrogens (tertiary/aromatic N) is 1. The molecule has 1 atom stereocenters. The Morgan fingerprint density at radius 1 is 1.47 bits per heavy atom. The molecule has 2 heterocycles. The zero-order valence-corrected chi connectivity index (χ0v) is 11.9. The van der Waals surface area contributed by atoms with Gasteiger partial charge < -0.3 is 4.74 Å². The van der Waals surface area contributed by atoms with Gasteiger partial charge in [-0.15, -0.1) is 0 Å². The van der Waals surface area contributed by atoms with Gasteiger partial charge >= 0.3 is 0 Å². The third kappa shape index (κ3) is 3.99. The van der Waals surface area contributed by atoms with Crippen molar-refractivity contribution in [3.63, 3.8) is 0 Å². The first kappa shape index (κ1) is 14.4. The number of sulfonamides is 1. The zero-order valence-electron chi connectivity index (χ0n) is 11.1. The molecule has 0 saturated carbocycles. The fraction of sp³-hybridized carbons (Fsp3) is 0.615. The van der Waals surface area contributed by atoms with Crippen molar-refractivity contribution in [2.24, 2.45) is 5.92 Å². The van der Waals surface area contributed by atoms with Gasteiger partial charge in [0.05, 0.1) is 11.8 Å².